The predicted octanol–water partition coefficient (Wildman–Crippen LogP) is 13.3. The number of fused-ring (bicyclic) bond motifs is 7. The maximum Gasteiger partial charge on any atom is 0.269 e. The minimum Gasteiger partial charge on any atom is -0.458 e. The van der Waals surface area contributed by atoms with Crippen molar-refractivity contribution in [3.63, 3.8) is 0 Å². The van der Waals surface area contributed by atoms with E-state index in [1.54, 1.807) is 11.3 Å². The summed E-state index contributed by atoms with van der Waals surface area (Å²) in [5.74, 6) is 2.15. The number of rotatable bonds is 6. The van der Waals surface area contributed by atoms with Crippen molar-refractivity contribution in [3.05, 3.63) is 188 Å². The second kappa shape index (κ2) is 13.3. The van der Waals surface area contributed by atoms with Gasteiger partial charge in [0, 0.05) is 37.8 Å². The van der Waals surface area contributed by atoms with E-state index in [-0.39, 0.29) is 35.1 Å². The van der Waals surface area contributed by atoms with Crippen LogP contribution in [0, 0.1) is 6.33 Å². The minimum absolute atomic E-state index is 0.0459. The Labute approximate surface area is 347 Å². The summed E-state index contributed by atoms with van der Waals surface area (Å²) in [6.45, 7) is 6.62. The van der Waals surface area contributed by atoms with Crippen molar-refractivity contribution in [3.8, 4) is 39.8 Å². The lowest BCUT2D eigenvalue weighted by atomic mass is 9.88. The van der Waals surface area contributed by atoms with Crippen molar-refractivity contribution in [1.82, 2.24) is 14.1 Å². The van der Waals surface area contributed by atoms with Crippen LogP contribution in [0.15, 0.2) is 176 Å². The largest absolute Gasteiger partial charge is 0.458 e. The van der Waals surface area contributed by atoms with E-state index >= 15 is 0 Å². The van der Waals surface area contributed by atoms with Gasteiger partial charge in [0.05, 0.1) is 40.3 Å². The highest BCUT2D eigenvalue weighted by molar-refractivity contribution is 7.25. The summed E-state index contributed by atoms with van der Waals surface area (Å²) < 4.78 is 58.5. The molecule has 11 rings (SSSR count). The minimum atomic E-state index is -0.430. The van der Waals surface area contributed by atoms with Gasteiger partial charge in [-0.05, 0) is 88.2 Å². The second-order valence-electron chi connectivity index (χ2n) is 15.5. The topological polar surface area (TPSA) is 35.9 Å². The molecular weight excluding hydrogens is 729 g/mol. The van der Waals surface area contributed by atoms with Crippen molar-refractivity contribution in [2.45, 2.75) is 26.2 Å². The van der Waals surface area contributed by atoms with Gasteiger partial charge < -0.3 is 4.74 Å². The molecule has 0 fully saturated rings. The van der Waals surface area contributed by atoms with Crippen LogP contribution in [0.1, 0.15) is 33.2 Å². The molecule has 0 spiro atoms. The third-order valence-corrected chi connectivity index (χ3v) is 12.0. The molecule has 0 radical (unpaired) electrons. The number of ether oxygens (including phenoxy) is 1. The van der Waals surface area contributed by atoms with E-state index in [4.69, 9.17) is 16.6 Å². The Morgan fingerprint density at radius 1 is 0.672 bits per heavy atom. The van der Waals surface area contributed by atoms with Gasteiger partial charge in [0.1, 0.15) is 17.3 Å². The third kappa shape index (κ3) is 5.59. The Bertz CT molecular complexity index is 3650. The molecule has 0 bridgehead atoms. The van der Waals surface area contributed by atoms with Crippen LogP contribution in [0.25, 0.3) is 81.3 Å². The van der Waals surface area contributed by atoms with Crippen LogP contribution >= 0.6 is 11.3 Å². The Balaban J connectivity index is 1.07. The number of hydrogen-bond donors (Lipinski definition) is 0. The zero-order chi connectivity index (χ0) is 43.3. The number of hydrogen-bond acceptors (Lipinski definition) is 3. The summed E-state index contributed by atoms with van der Waals surface area (Å²) in [7, 11) is 0. The van der Waals surface area contributed by atoms with Crippen molar-refractivity contribution in [2.75, 3.05) is 0 Å². The van der Waals surface area contributed by atoms with Crippen molar-refractivity contribution in [2.24, 2.45) is 0 Å². The average molecular weight is 772 g/mol. The van der Waals surface area contributed by atoms with Crippen LogP contribution in [0.2, 0.25) is 0 Å². The quantitative estimate of drug-likeness (QED) is 0.125. The van der Waals surface area contributed by atoms with Crippen LogP contribution in [0.3, 0.4) is 0 Å². The Hall–Kier alpha value is -7.02. The summed E-state index contributed by atoms with van der Waals surface area (Å²) in [4.78, 5) is 4.85. The molecular formula is C52H38N4OS. The van der Waals surface area contributed by atoms with Crippen molar-refractivity contribution < 1.29 is 16.2 Å². The highest BCUT2D eigenvalue weighted by Crippen LogP contribution is 2.41. The maximum atomic E-state index is 9.03. The van der Waals surface area contributed by atoms with Gasteiger partial charge in [-0.3, -0.25) is 13.7 Å². The fraction of sp³-hybridized carbons (Fsp3) is 0.0769. The number of imidazole rings is 1. The number of benzene rings is 7. The van der Waals surface area contributed by atoms with Crippen LogP contribution in [0.4, 0.5) is 0 Å². The second-order valence-corrected chi connectivity index (χ2v) is 16.6. The molecule has 0 unspecified atom stereocenters. The first-order chi connectivity index (χ1) is 30.5. The number of thiophene rings is 1. The first-order valence-corrected chi connectivity index (χ1v) is 20.0. The molecule has 0 saturated heterocycles. The van der Waals surface area contributed by atoms with Gasteiger partial charge in [-0.15, -0.1) is 11.3 Å². The molecule has 0 amide bonds. The van der Waals surface area contributed by atoms with Gasteiger partial charge in [-0.1, -0.05) is 124 Å². The number of nitrogens with zero attached hydrogens (tertiary/aromatic N) is 4. The number of para-hydroxylation sites is 3. The van der Waals surface area contributed by atoms with Gasteiger partial charge >= 0.3 is 0 Å². The van der Waals surface area contributed by atoms with Crippen LogP contribution in [-0.4, -0.2) is 14.1 Å². The standard InChI is InChI=1S/C52H38N4OS/c1-52(2,3)35-28-29-53-49(30-35)56-43-20-9-7-18-40(43)41-25-24-38(32-46(41)56)57-37-17-13-16-36(31-37)54-33-55(45-22-11-10-21-44(45)54)51-39(34-14-5-4-6-15-34)26-27-48-50(51)42-19-8-12-23-47(42)58-48/h4-32H,1-3H3/i4D,5D,6D,14D,15D. The first kappa shape index (κ1) is 29.3. The van der Waals surface area contributed by atoms with Crippen molar-refractivity contribution >= 4 is 64.3 Å². The van der Waals surface area contributed by atoms with Gasteiger partial charge in [0.15, 0.2) is 0 Å². The molecule has 58 heavy (non-hydrogen) atoms. The lowest BCUT2D eigenvalue weighted by molar-refractivity contribution is -0.570. The van der Waals surface area contributed by atoms with Crippen LogP contribution in [0.5, 0.6) is 11.5 Å². The van der Waals surface area contributed by atoms with Crippen molar-refractivity contribution in [1.29, 1.82) is 0 Å². The maximum absolute atomic E-state index is 9.03. The first-order valence-electron chi connectivity index (χ1n) is 21.7. The molecule has 6 heteroatoms. The van der Waals surface area contributed by atoms with E-state index in [1.165, 1.54) is 5.56 Å². The van der Waals surface area contributed by atoms with E-state index in [2.05, 4.69) is 92.3 Å². The summed E-state index contributed by atoms with van der Waals surface area (Å²) in [6.07, 6.45) is 5.53. The fourth-order valence-corrected chi connectivity index (χ4v) is 9.23. The Morgan fingerprint density at radius 3 is 2.29 bits per heavy atom. The monoisotopic (exact) mass is 771 g/mol. The molecule has 11 aromatic rings. The lowest BCUT2D eigenvalue weighted by Gasteiger charge is -2.20. The van der Waals surface area contributed by atoms with Crippen LogP contribution < -0.4 is 9.30 Å². The molecule has 4 aromatic heterocycles. The normalized spacial score (nSPS) is 13.3. The molecule has 0 aliphatic heterocycles. The average Bonchev–Trinajstić information content (AvgIpc) is 3.97. The Kier molecular flexibility index (Phi) is 6.70. The summed E-state index contributed by atoms with van der Waals surface area (Å²) in [5.41, 5.74) is 7.00. The SMILES string of the molecule is [2H]c1c([2H])c([2H])c(-c2ccc3sc4ccccc4c3c2-[n+]2[c-]n(-c3cccc(Oc4ccc5c6ccccc6n(-c6cc(C(C)(C)C)ccn6)c5c4)c3)c3ccccc32)c([2H])c1[2H]. The van der Waals surface area contributed by atoms with E-state index < -0.39 is 6.04 Å². The molecule has 0 saturated carbocycles. The zero-order valence-electron chi connectivity index (χ0n) is 37.0. The molecule has 0 aliphatic carbocycles. The van der Waals surface area contributed by atoms with Gasteiger partial charge in [-0.25, -0.2) is 4.98 Å². The molecule has 5 nitrogen and oxygen atoms in total. The Morgan fingerprint density at radius 2 is 1.43 bits per heavy atom. The highest BCUT2D eigenvalue weighted by atomic mass is 32.1. The van der Waals surface area contributed by atoms with Gasteiger partial charge in [0.2, 0.25) is 0 Å². The zero-order valence-corrected chi connectivity index (χ0v) is 32.8. The van der Waals surface area contributed by atoms with E-state index in [0.717, 1.165) is 64.5 Å². The van der Waals surface area contributed by atoms with E-state index in [9.17, 15) is 0 Å². The molecule has 0 atom stereocenters. The third-order valence-electron chi connectivity index (χ3n) is 10.9. The highest BCUT2D eigenvalue weighted by Gasteiger charge is 2.22. The van der Waals surface area contributed by atoms with E-state index in [0.29, 0.717) is 22.7 Å². The van der Waals surface area contributed by atoms with E-state index in [1.807, 2.05) is 94.2 Å². The van der Waals surface area contributed by atoms with Crippen LogP contribution in [-0.2, 0) is 5.41 Å². The number of pyridine rings is 1. The predicted molar refractivity (Wildman–Crippen MR) is 239 cm³/mol. The molecule has 4 heterocycles. The molecule has 7 aromatic carbocycles. The summed E-state index contributed by atoms with van der Waals surface area (Å²) >= 11 is 1.65. The summed E-state index contributed by atoms with van der Waals surface area (Å²) in [5, 5.41) is 4.15. The molecule has 0 N–H and O–H groups in total. The fourth-order valence-electron chi connectivity index (χ4n) is 8.12. The smallest absolute Gasteiger partial charge is 0.269 e. The molecule has 278 valence electrons. The summed E-state index contributed by atoms with van der Waals surface area (Å²) in [6, 6.07) is 45.0. The van der Waals surface area contributed by atoms with Gasteiger partial charge in [-0.2, -0.15) is 0 Å². The lowest BCUT2D eigenvalue weighted by Crippen LogP contribution is -2.30. The molecule has 0 aliphatic rings. The number of aromatic nitrogens is 4. The van der Waals surface area contributed by atoms with Gasteiger partial charge in [0.25, 0.3) is 6.33 Å².